The summed E-state index contributed by atoms with van der Waals surface area (Å²) in [4.78, 5) is 22.2. The quantitative estimate of drug-likeness (QED) is 0.790. The number of carbonyl (C=O) groups is 1. The lowest BCUT2D eigenvalue weighted by Gasteiger charge is -1.98. The molecule has 0 saturated carbocycles. The Morgan fingerprint density at radius 3 is 2.20 bits per heavy atom. The van der Waals surface area contributed by atoms with Crippen molar-refractivity contribution in [2.24, 2.45) is 0 Å². The SMILES string of the molecule is O=C(O)c1ccc(-c2ncncn2)cc1. The van der Waals surface area contributed by atoms with Gasteiger partial charge < -0.3 is 5.11 Å². The summed E-state index contributed by atoms with van der Waals surface area (Å²) in [6.07, 6.45) is 2.79. The van der Waals surface area contributed by atoms with E-state index in [4.69, 9.17) is 5.11 Å². The van der Waals surface area contributed by atoms with Crippen LogP contribution in [0.5, 0.6) is 0 Å². The normalized spacial score (nSPS) is 9.87. The van der Waals surface area contributed by atoms with Crippen molar-refractivity contribution in [3.05, 3.63) is 42.5 Å². The van der Waals surface area contributed by atoms with Crippen molar-refractivity contribution in [3.63, 3.8) is 0 Å². The van der Waals surface area contributed by atoms with Crippen molar-refractivity contribution in [1.82, 2.24) is 15.0 Å². The van der Waals surface area contributed by atoms with Gasteiger partial charge in [-0.2, -0.15) is 0 Å². The highest BCUT2D eigenvalue weighted by Crippen LogP contribution is 2.13. The van der Waals surface area contributed by atoms with Gasteiger partial charge in [0.15, 0.2) is 5.82 Å². The highest BCUT2D eigenvalue weighted by molar-refractivity contribution is 5.88. The van der Waals surface area contributed by atoms with Crippen LogP contribution in [0.15, 0.2) is 36.9 Å². The fraction of sp³-hybridized carbons (Fsp3) is 0. The van der Waals surface area contributed by atoms with Crippen LogP contribution < -0.4 is 0 Å². The van der Waals surface area contributed by atoms with Gasteiger partial charge in [0.25, 0.3) is 0 Å². The molecule has 0 aliphatic heterocycles. The Morgan fingerprint density at radius 2 is 1.67 bits per heavy atom. The maximum atomic E-state index is 10.6. The lowest BCUT2D eigenvalue weighted by atomic mass is 10.1. The molecule has 1 heterocycles. The molecule has 0 spiro atoms. The summed E-state index contributed by atoms with van der Waals surface area (Å²) in [5, 5.41) is 8.71. The maximum Gasteiger partial charge on any atom is 0.335 e. The summed E-state index contributed by atoms with van der Waals surface area (Å²) in [7, 11) is 0. The number of hydrogen-bond acceptors (Lipinski definition) is 4. The molecule has 1 N–H and O–H groups in total. The first-order valence-corrected chi connectivity index (χ1v) is 4.23. The number of nitrogens with zero attached hydrogens (tertiary/aromatic N) is 3. The van der Waals surface area contributed by atoms with Crippen LogP contribution in [0, 0.1) is 0 Å². The summed E-state index contributed by atoms with van der Waals surface area (Å²) in [6.45, 7) is 0. The van der Waals surface area contributed by atoms with Gasteiger partial charge in [-0.15, -0.1) is 0 Å². The van der Waals surface area contributed by atoms with Crippen LogP contribution in [-0.2, 0) is 0 Å². The second-order valence-electron chi connectivity index (χ2n) is 2.84. The maximum absolute atomic E-state index is 10.6. The van der Waals surface area contributed by atoms with Crippen LogP contribution in [0.1, 0.15) is 10.4 Å². The molecule has 0 unspecified atom stereocenters. The average Bonchev–Trinajstić information content (AvgIpc) is 2.30. The minimum absolute atomic E-state index is 0.243. The molecule has 2 aromatic rings. The number of aromatic nitrogens is 3. The Kier molecular flexibility index (Phi) is 2.37. The van der Waals surface area contributed by atoms with Crippen LogP contribution >= 0.6 is 0 Å². The summed E-state index contributed by atoms with van der Waals surface area (Å²) in [5.41, 5.74) is 1.01. The van der Waals surface area contributed by atoms with Gasteiger partial charge in [-0.1, -0.05) is 12.1 Å². The summed E-state index contributed by atoms with van der Waals surface area (Å²) in [6, 6.07) is 6.36. The van der Waals surface area contributed by atoms with E-state index in [0.717, 1.165) is 5.56 Å². The van der Waals surface area contributed by atoms with Gasteiger partial charge in [-0.05, 0) is 12.1 Å². The van der Waals surface area contributed by atoms with Crippen LogP contribution in [0.2, 0.25) is 0 Å². The van der Waals surface area contributed by atoms with E-state index in [1.807, 2.05) is 0 Å². The third kappa shape index (κ3) is 1.96. The van der Waals surface area contributed by atoms with Crippen molar-refractivity contribution in [3.8, 4) is 11.4 Å². The molecule has 5 nitrogen and oxygen atoms in total. The van der Waals surface area contributed by atoms with Gasteiger partial charge in [0.05, 0.1) is 5.56 Å². The first kappa shape index (κ1) is 9.26. The number of carboxylic acids is 1. The number of carboxylic acid groups (broad SMARTS) is 1. The van der Waals surface area contributed by atoms with Crippen LogP contribution in [0.3, 0.4) is 0 Å². The second-order valence-corrected chi connectivity index (χ2v) is 2.84. The Balaban J connectivity index is 2.36. The first-order chi connectivity index (χ1) is 7.27. The van der Waals surface area contributed by atoms with Gasteiger partial charge in [0.2, 0.25) is 0 Å². The second kappa shape index (κ2) is 3.83. The fourth-order valence-corrected chi connectivity index (χ4v) is 1.15. The summed E-state index contributed by atoms with van der Waals surface area (Å²) < 4.78 is 0. The Morgan fingerprint density at radius 1 is 1.07 bits per heavy atom. The highest BCUT2D eigenvalue weighted by Gasteiger charge is 2.03. The molecular weight excluding hydrogens is 194 g/mol. The molecule has 5 heteroatoms. The molecule has 0 saturated heterocycles. The van der Waals surface area contributed by atoms with Crippen LogP contribution in [0.25, 0.3) is 11.4 Å². The van der Waals surface area contributed by atoms with E-state index in [0.29, 0.717) is 5.82 Å². The molecule has 1 aromatic heterocycles. The molecule has 0 fully saturated rings. The fourth-order valence-electron chi connectivity index (χ4n) is 1.15. The van der Waals surface area contributed by atoms with Gasteiger partial charge in [-0.25, -0.2) is 19.7 Å². The molecule has 15 heavy (non-hydrogen) atoms. The number of benzene rings is 1. The van der Waals surface area contributed by atoms with E-state index < -0.39 is 5.97 Å². The molecule has 0 bridgehead atoms. The molecule has 1 aromatic carbocycles. The zero-order chi connectivity index (χ0) is 10.7. The van der Waals surface area contributed by atoms with Gasteiger partial charge in [0, 0.05) is 5.56 Å². The smallest absolute Gasteiger partial charge is 0.335 e. The predicted octanol–water partition coefficient (Wildman–Crippen LogP) is 1.24. The van der Waals surface area contributed by atoms with Crippen molar-refractivity contribution in [1.29, 1.82) is 0 Å². The minimum Gasteiger partial charge on any atom is -0.478 e. The molecule has 2 rings (SSSR count). The van der Waals surface area contributed by atoms with Gasteiger partial charge in [-0.3, -0.25) is 0 Å². The van der Waals surface area contributed by atoms with Crippen molar-refractivity contribution in [2.75, 3.05) is 0 Å². The van der Waals surface area contributed by atoms with E-state index in [1.165, 1.54) is 24.8 Å². The zero-order valence-corrected chi connectivity index (χ0v) is 7.66. The van der Waals surface area contributed by atoms with Crippen molar-refractivity contribution < 1.29 is 9.90 Å². The third-order valence-corrected chi connectivity index (χ3v) is 1.88. The molecular formula is C10H7N3O2. The van der Waals surface area contributed by atoms with Gasteiger partial charge in [0.1, 0.15) is 12.7 Å². The highest BCUT2D eigenvalue weighted by atomic mass is 16.4. The van der Waals surface area contributed by atoms with Crippen LogP contribution in [-0.4, -0.2) is 26.0 Å². The molecule has 74 valence electrons. The molecule has 0 atom stereocenters. The third-order valence-electron chi connectivity index (χ3n) is 1.88. The van der Waals surface area contributed by atoms with Crippen molar-refractivity contribution >= 4 is 5.97 Å². The Labute approximate surface area is 85.5 Å². The van der Waals surface area contributed by atoms with E-state index >= 15 is 0 Å². The standard InChI is InChI=1S/C10H7N3O2/c14-10(15)8-3-1-7(2-4-8)9-12-5-11-6-13-9/h1-6H,(H,14,15). The molecule has 0 aliphatic rings. The van der Waals surface area contributed by atoms with E-state index in [9.17, 15) is 4.79 Å². The Hall–Kier alpha value is -2.30. The Bertz CT molecular complexity index is 468. The average molecular weight is 201 g/mol. The first-order valence-electron chi connectivity index (χ1n) is 4.23. The summed E-state index contributed by atoms with van der Waals surface area (Å²) in [5.74, 6) is -0.417. The largest absolute Gasteiger partial charge is 0.478 e. The van der Waals surface area contributed by atoms with E-state index in [-0.39, 0.29) is 5.56 Å². The predicted molar refractivity (Wildman–Crippen MR) is 52.2 cm³/mol. The number of hydrogen-bond donors (Lipinski definition) is 1. The number of aromatic carboxylic acids is 1. The van der Waals surface area contributed by atoms with Crippen molar-refractivity contribution in [2.45, 2.75) is 0 Å². The zero-order valence-electron chi connectivity index (χ0n) is 7.66. The lowest BCUT2D eigenvalue weighted by Crippen LogP contribution is -1.96. The van der Waals surface area contributed by atoms with Gasteiger partial charge >= 0.3 is 5.97 Å². The molecule has 0 aliphatic carbocycles. The lowest BCUT2D eigenvalue weighted by molar-refractivity contribution is 0.0697. The minimum atomic E-state index is -0.947. The van der Waals surface area contributed by atoms with E-state index in [1.54, 1.807) is 12.1 Å². The monoisotopic (exact) mass is 201 g/mol. The number of rotatable bonds is 2. The topological polar surface area (TPSA) is 76.0 Å². The van der Waals surface area contributed by atoms with Crippen LogP contribution in [0.4, 0.5) is 0 Å². The van der Waals surface area contributed by atoms with E-state index in [2.05, 4.69) is 15.0 Å². The molecule has 0 amide bonds. The summed E-state index contributed by atoms with van der Waals surface area (Å²) >= 11 is 0. The molecule has 0 radical (unpaired) electrons.